The van der Waals surface area contributed by atoms with E-state index < -0.39 is 0 Å². The lowest BCUT2D eigenvalue weighted by atomic mass is 9.97. The summed E-state index contributed by atoms with van der Waals surface area (Å²) in [7, 11) is 0. The lowest BCUT2D eigenvalue weighted by Crippen LogP contribution is -2.38. The van der Waals surface area contributed by atoms with Crippen molar-refractivity contribution in [3.8, 4) is 0 Å². The van der Waals surface area contributed by atoms with Gasteiger partial charge in [0, 0.05) is 36.3 Å². The van der Waals surface area contributed by atoms with Crippen LogP contribution in [0.5, 0.6) is 0 Å². The summed E-state index contributed by atoms with van der Waals surface area (Å²) >= 11 is 4.38. The minimum Gasteiger partial charge on any atom is -0.339 e. The fraction of sp³-hybridized carbons (Fsp3) is 0.364. The van der Waals surface area contributed by atoms with E-state index in [1.807, 2.05) is 17.9 Å². The molecule has 0 saturated carbocycles. The molecule has 8 nitrogen and oxygen atoms in total. The Hall–Kier alpha value is -2.63. The van der Waals surface area contributed by atoms with Crippen molar-refractivity contribution in [3.63, 3.8) is 0 Å². The Bertz CT molecular complexity index is 1140. The predicted molar refractivity (Wildman–Crippen MR) is 132 cm³/mol. The zero-order chi connectivity index (χ0) is 23.2. The van der Waals surface area contributed by atoms with E-state index in [9.17, 15) is 9.59 Å². The minimum absolute atomic E-state index is 0.0100. The summed E-state index contributed by atoms with van der Waals surface area (Å²) in [5, 5.41) is 15.6. The number of piperidine rings is 1. The Morgan fingerprint density at radius 3 is 2.88 bits per heavy atom. The van der Waals surface area contributed by atoms with Crippen molar-refractivity contribution in [2.24, 2.45) is 0 Å². The van der Waals surface area contributed by atoms with E-state index >= 15 is 0 Å². The van der Waals surface area contributed by atoms with Crippen LogP contribution in [0.4, 0.5) is 5.13 Å². The molecule has 0 aromatic carbocycles. The highest BCUT2D eigenvalue weighted by atomic mass is 32.2. The fourth-order valence-electron chi connectivity index (χ4n) is 3.49. The van der Waals surface area contributed by atoms with Crippen molar-refractivity contribution < 1.29 is 9.59 Å². The smallest absolute Gasteiger partial charge is 0.276 e. The lowest BCUT2D eigenvalue weighted by Gasteiger charge is -2.31. The molecule has 3 aromatic heterocycles. The molecule has 1 saturated heterocycles. The summed E-state index contributed by atoms with van der Waals surface area (Å²) in [6, 6.07) is 3.63. The standard InChI is InChI=1S/C22H24N6O2S3/c1-3-12-31-20-15(6-5-9-23-20)21(30)28-10-7-14(8-11-28)19-24-16(13-32-19)18(29)25-22-27-26-17(4-2)33-22/h3,5-6,9,13-14H,1,4,7-8,10-12H2,2H3,(H,25,27,29). The molecule has 1 N–H and O–H groups in total. The molecule has 1 aliphatic heterocycles. The first-order chi connectivity index (χ1) is 16.1. The van der Waals surface area contributed by atoms with E-state index in [0.29, 0.717) is 35.2 Å². The number of carbonyl (C=O) groups excluding carboxylic acids is 2. The highest BCUT2D eigenvalue weighted by Gasteiger charge is 2.28. The second-order valence-electron chi connectivity index (χ2n) is 7.40. The SMILES string of the molecule is C=CCSc1ncccc1C(=O)N1CCC(c2nc(C(=O)Nc3nnc(CC)s3)cs2)CC1. The number of rotatable bonds is 8. The average molecular weight is 501 g/mol. The first kappa shape index (κ1) is 23.5. The van der Waals surface area contributed by atoms with Gasteiger partial charge >= 0.3 is 0 Å². The molecular weight excluding hydrogens is 476 g/mol. The summed E-state index contributed by atoms with van der Waals surface area (Å²) in [6.07, 6.45) is 5.92. The van der Waals surface area contributed by atoms with Crippen LogP contribution < -0.4 is 5.32 Å². The van der Waals surface area contributed by atoms with Gasteiger partial charge in [-0.3, -0.25) is 14.9 Å². The number of aromatic nitrogens is 4. The number of likely N-dealkylation sites (tertiary alicyclic amines) is 1. The van der Waals surface area contributed by atoms with Crippen molar-refractivity contribution in [2.45, 2.75) is 37.1 Å². The number of aryl methyl sites for hydroxylation is 1. The maximum Gasteiger partial charge on any atom is 0.276 e. The lowest BCUT2D eigenvalue weighted by molar-refractivity contribution is 0.0708. The van der Waals surface area contributed by atoms with Gasteiger partial charge in [-0.1, -0.05) is 24.3 Å². The number of nitrogens with one attached hydrogen (secondary N) is 1. The molecule has 2 amide bonds. The second-order valence-corrected chi connectivity index (χ2v) is 10.4. The molecule has 11 heteroatoms. The average Bonchev–Trinajstić information content (AvgIpc) is 3.52. The van der Waals surface area contributed by atoms with E-state index in [-0.39, 0.29) is 17.7 Å². The predicted octanol–water partition coefficient (Wildman–Crippen LogP) is 4.50. The van der Waals surface area contributed by atoms with Gasteiger partial charge in [0.15, 0.2) is 0 Å². The molecule has 0 radical (unpaired) electrons. The van der Waals surface area contributed by atoms with Crippen LogP contribution in [0.15, 0.2) is 41.4 Å². The third-order valence-electron chi connectivity index (χ3n) is 5.22. The Morgan fingerprint density at radius 2 is 2.15 bits per heavy atom. The number of pyridine rings is 1. The van der Waals surface area contributed by atoms with E-state index in [1.54, 1.807) is 23.7 Å². The molecular formula is C22H24N6O2S3. The summed E-state index contributed by atoms with van der Waals surface area (Å²) in [5.74, 6) is 0.677. The number of carbonyl (C=O) groups is 2. The molecule has 1 aliphatic rings. The van der Waals surface area contributed by atoms with E-state index in [4.69, 9.17) is 0 Å². The summed E-state index contributed by atoms with van der Waals surface area (Å²) in [5.41, 5.74) is 1.03. The molecule has 0 aliphatic carbocycles. The topological polar surface area (TPSA) is 101 Å². The van der Waals surface area contributed by atoms with Crippen LogP contribution in [0.2, 0.25) is 0 Å². The van der Waals surface area contributed by atoms with E-state index in [2.05, 4.69) is 32.1 Å². The van der Waals surface area contributed by atoms with Gasteiger partial charge in [0.2, 0.25) is 5.13 Å². The number of amides is 2. The molecule has 3 aromatic rings. The van der Waals surface area contributed by atoms with E-state index in [1.165, 1.54) is 34.4 Å². The summed E-state index contributed by atoms with van der Waals surface area (Å²) in [6.45, 7) is 7.03. The number of nitrogens with zero attached hydrogens (tertiary/aromatic N) is 5. The first-order valence-electron chi connectivity index (χ1n) is 10.7. The normalized spacial score (nSPS) is 14.3. The Labute approximate surface area is 204 Å². The molecule has 1 fully saturated rings. The van der Waals surface area contributed by atoms with Crippen LogP contribution in [-0.4, -0.2) is 55.7 Å². The number of thiazole rings is 1. The fourth-order valence-corrected chi connectivity index (χ4v) is 5.86. The van der Waals surface area contributed by atoms with Crippen molar-refractivity contribution in [2.75, 3.05) is 24.2 Å². The largest absolute Gasteiger partial charge is 0.339 e. The van der Waals surface area contributed by atoms with Crippen LogP contribution in [0, 0.1) is 0 Å². The van der Waals surface area contributed by atoms with Gasteiger partial charge < -0.3 is 4.90 Å². The van der Waals surface area contributed by atoms with Crippen molar-refractivity contribution in [1.29, 1.82) is 0 Å². The van der Waals surface area contributed by atoms with Crippen LogP contribution >= 0.6 is 34.4 Å². The van der Waals surface area contributed by atoms with Crippen molar-refractivity contribution >= 4 is 51.4 Å². The highest BCUT2D eigenvalue weighted by molar-refractivity contribution is 7.99. The number of thioether (sulfide) groups is 1. The highest BCUT2D eigenvalue weighted by Crippen LogP contribution is 2.32. The van der Waals surface area contributed by atoms with Crippen molar-refractivity contribution in [3.05, 3.63) is 57.6 Å². The van der Waals surface area contributed by atoms with Crippen LogP contribution in [-0.2, 0) is 6.42 Å². The second kappa shape index (κ2) is 11.0. The molecule has 172 valence electrons. The molecule has 0 bridgehead atoms. The molecule has 33 heavy (non-hydrogen) atoms. The maximum absolute atomic E-state index is 13.1. The Morgan fingerprint density at radius 1 is 1.33 bits per heavy atom. The molecule has 0 atom stereocenters. The van der Waals surface area contributed by atoms with Crippen LogP contribution in [0.1, 0.15) is 56.5 Å². The third-order valence-corrected chi connectivity index (χ3v) is 8.21. The van der Waals surface area contributed by atoms with Crippen molar-refractivity contribution in [1.82, 2.24) is 25.1 Å². The molecule has 4 rings (SSSR count). The van der Waals surface area contributed by atoms with Gasteiger partial charge in [0.25, 0.3) is 11.8 Å². The van der Waals surface area contributed by atoms with Crippen LogP contribution in [0.25, 0.3) is 0 Å². The van der Waals surface area contributed by atoms with Gasteiger partial charge in [-0.15, -0.1) is 39.9 Å². The third kappa shape index (κ3) is 5.66. The van der Waals surface area contributed by atoms with Crippen LogP contribution in [0.3, 0.4) is 0 Å². The zero-order valence-electron chi connectivity index (χ0n) is 18.2. The van der Waals surface area contributed by atoms with E-state index in [0.717, 1.165) is 34.3 Å². The number of anilines is 1. The molecule has 4 heterocycles. The Kier molecular flexibility index (Phi) is 7.84. The Balaban J connectivity index is 1.35. The summed E-state index contributed by atoms with van der Waals surface area (Å²) in [4.78, 5) is 36.4. The number of hydrogen-bond donors (Lipinski definition) is 1. The number of hydrogen-bond acceptors (Lipinski definition) is 9. The van der Waals surface area contributed by atoms with Gasteiger partial charge in [-0.2, -0.15) is 0 Å². The van der Waals surface area contributed by atoms with Gasteiger partial charge in [-0.05, 0) is 31.4 Å². The molecule has 0 unspecified atom stereocenters. The summed E-state index contributed by atoms with van der Waals surface area (Å²) < 4.78 is 0. The van der Waals surface area contributed by atoms with Gasteiger partial charge in [0.05, 0.1) is 10.6 Å². The molecule has 0 spiro atoms. The quantitative estimate of drug-likeness (QED) is 0.359. The minimum atomic E-state index is -0.273. The zero-order valence-corrected chi connectivity index (χ0v) is 20.6. The maximum atomic E-state index is 13.1. The first-order valence-corrected chi connectivity index (χ1v) is 13.3. The van der Waals surface area contributed by atoms with Gasteiger partial charge in [-0.25, -0.2) is 9.97 Å². The van der Waals surface area contributed by atoms with Gasteiger partial charge in [0.1, 0.15) is 15.7 Å². The monoisotopic (exact) mass is 500 g/mol.